The van der Waals surface area contributed by atoms with Crippen LogP contribution in [0.1, 0.15) is 34.1 Å². The highest BCUT2D eigenvalue weighted by Gasteiger charge is 2.68. The molecule has 4 bridgehead atoms. The van der Waals surface area contributed by atoms with Gasteiger partial charge in [0.2, 0.25) is 0 Å². The van der Waals surface area contributed by atoms with Gasteiger partial charge in [-0.25, -0.2) is 4.79 Å². The summed E-state index contributed by atoms with van der Waals surface area (Å²) in [4.78, 5) is 13.0. The Morgan fingerprint density at radius 2 is 2.09 bits per heavy atom. The Labute approximate surface area is 196 Å². The molecule has 12 atom stereocenters. The van der Waals surface area contributed by atoms with Crippen LogP contribution in [0.5, 0.6) is 0 Å². The smallest absolute Gasteiger partial charge is 0.335 e. The minimum atomic E-state index is -0.837. The maximum atomic E-state index is 13.0. The number of rotatable bonds is 5. The van der Waals surface area contributed by atoms with Crippen molar-refractivity contribution in [1.82, 2.24) is 5.32 Å². The zero-order valence-corrected chi connectivity index (χ0v) is 20.3. The lowest BCUT2D eigenvalue weighted by atomic mass is 9.57. The van der Waals surface area contributed by atoms with E-state index in [2.05, 4.69) is 30.5 Å². The average molecular weight is 465 g/mol. The molecule has 6 unspecified atom stereocenters. The molecule has 0 aromatic carbocycles. The topological polar surface area (TPSA) is 123 Å². The van der Waals surface area contributed by atoms with Crippen molar-refractivity contribution in [3.63, 3.8) is 0 Å². The fourth-order valence-electron chi connectivity index (χ4n) is 6.92. The first kappa shape index (κ1) is 24.8. The summed E-state index contributed by atoms with van der Waals surface area (Å²) in [6.45, 7) is 8.84. The van der Waals surface area contributed by atoms with E-state index in [4.69, 9.17) is 19.9 Å². The lowest BCUT2D eigenvalue weighted by Gasteiger charge is -2.49. The second-order valence-electron chi connectivity index (χ2n) is 10.4. The van der Waals surface area contributed by atoms with Crippen LogP contribution in [0, 0.1) is 29.6 Å². The van der Waals surface area contributed by atoms with Crippen molar-refractivity contribution in [2.75, 3.05) is 20.2 Å². The molecular formula is C25H40N2O6. The van der Waals surface area contributed by atoms with Gasteiger partial charge in [0.1, 0.15) is 11.7 Å². The van der Waals surface area contributed by atoms with E-state index in [1.807, 2.05) is 13.8 Å². The lowest BCUT2D eigenvalue weighted by molar-refractivity contribution is -0.172. The lowest BCUT2D eigenvalue weighted by Crippen LogP contribution is -2.59. The van der Waals surface area contributed by atoms with Crippen LogP contribution in [0.15, 0.2) is 23.8 Å². The first-order chi connectivity index (χ1) is 15.7. The Bertz CT molecular complexity index is 800. The maximum Gasteiger partial charge on any atom is 0.335 e. The Hall–Kier alpha value is -1.29. The zero-order chi connectivity index (χ0) is 24.1. The van der Waals surface area contributed by atoms with E-state index in [0.717, 1.165) is 5.57 Å². The van der Waals surface area contributed by atoms with Crippen LogP contribution in [0.25, 0.3) is 0 Å². The Morgan fingerprint density at radius 3 is 2.73 bits per heavy atom. The Kier molecular flexibility index (Phi) is 7.07. The number of esters is 1. The second-order valence-corrected chi connectivity index (χ2v) is 10.4. The Morgan fingerprint density at radius 1 is 1.36 bits per heavy atom. The summed E-state index contributed by atoms with van der Waals surface area (Å²) in [6.07, 6.45) is 3.71. The summed E-state index contributed by atoms with van der Waals surface area (Å²) in [5.74, 6) is -0.971. The second kappa shape index (κ2) is 9.40. The summed E-state index contributed by atoms with van der Waals surface area (Å²) in [5, 5.41) is 25.4. The molecule has 1 saturated carbocycles. The van der Waals surface area contributed by atoms with Gasteiger partial charge in [0.15, 0.2) is 6.10 Å². The third kappa shape index (κ3) is 3.89. The number of aliphatic hydroxyl groups is 2. The number of cyclic esters (lactones) is 1. The minimum Gasteiger partial charge on any atom is -0.457 e. The highest BCUT2D eigenvalue weighted by molar-refractivity contribution is 5.75. The van der Waals surface area contributed by atoms with Gasteiger partial charge >= 0.3 is 5.97 Å². The molecule has 186 valence electrons. The van der Waals surface area contributed by atoms with Crippen molar-refractivity contribution >= 4 is 5.97 Å². The maximum absolute atomic E-state index is 13.0. The largest absolute Gasteiger partial charge is 0.457 e. The Balaban J connectivity index is 1.82. The quantitative estimate of drug-likeness (QED) is 0.347. The van der Waals surface area contributed by atoms with Gasteiger partial charge in [0, 0.05) is 55.8 Å². The van der Waals surface area contributed by atoms with E-state index in [0.29, 0.717) is 19.5 Å². The summed E-state index contributed by atoms with van der Waals surface area (Å²) >= 11 is 0. The monoisotopic (exact) mass is 464 g/mol. The summed E-state index contributed by atoms with van der Waals surface area (Å²) in [5.41, 5.74) is 6.00. The molecular weight excluding hydrogens is 424 g/mol. The number of carbonyl (C=O) groups excluding carboxylic acids is 1. The van der Waals surface area contributed by atoms with Crippen LogP contribution in [-0.2, 0) is 19.0 Å². The predicted molar refractivity (Wildman–Crippen MR) is 123 cm³/mol. The van der Waals surface area contributed by atoms with Crippen LogP contribution >= 0.6 is 0 Å². The molecule has 1 saturated heterocycles. The summed E-state index contributed by atoms with van der Waals surface area (Å²) in [6, 6.07) is -0.0263. The highest BCUT2D eigenvalue weighted by Crippen LogP contribution is 2.60. The van der Waals surface area contributed by atoms with E-state index < -0.39 is 36.0 Å². The van der Waals surface area contributed by atoms with Crippen molar-refractivity contribution in [1.29, 1.82) is 0 Å². The van der Waals surface area contributed by atoms with Gasteiger partial charge in [0.05, 0.1) is 18.3 Å². The van der Waals surface area contributed by atoms with E-state index in [1.54, 1.807) is 6.92 Å². The molecule has 2 aliphatic heterocycles. The van der Waals surface area contributed by atoms with Crippen molar-refractivity contribution in [3.05, 3.63) is 23.8 Å². The summed E-state index contributed by atoms with van der Waals surface area (Å²) in [7, 11) is 1.50. The predicted octanol–water partition coefficient (Wildman–Crippen LogP) is 0.764. The fourth-order valence-corrected chi connectivity index (χ4v) is 6.92. The molecule has 5 N–H and O–H groups in total. The van der Waals surface area contributed by atoms with Crippen LogP contribution < -0.4 is 11.1 Å². The van der Waals surface area contributed by atoms with Crippen molar-refractivity contribution in [3.8, 4) is 0 Å². The molecule has 2 aliphatic carbocycles. The third-order valence-electron chi connectivity index (χ3n) is 8.48. The zero-order valence-electron chi connectivity index (χ0n) is 20.3. The van der Waals surface area contributed by atoms with Crippen LogP contribution in [0.3, 0.4) is 0 Å². The highest BCUT2D eigenvalue weighted by atomic mass is 16.6. The molecule has 8 heteroatoms. The molecule has 33 heavy (non-hydrogen) atoms. The minimum absolute atomic E-state index is 0.0108. The van der Waals surface area contributed by atoms with Crippen LogP contribution in [-0.4, -0.2) is 78.5 Å². The molecule has 1 spiro atoms. The van der Waals surface area contributed by atoms with Gasteiger partial charge in [-0.3, -0.25) is 0 Å². The number of hydrogen-bond donors (Lipinski definition) is 4. The molecule has 0 aromatic rings. The molecule has 8 nitrogen and oxygen atoms in total. The van der Waals surface area contributed by atoms with E-state index >= 15 is 0 Å². The van der Waals surface area contributed by atoms with Crippen LogP contribution in [0.4, 0.5) is 0 Å². The van der Waals surface area contributed by atoms with Gasteiger partial charge in [-0.15, -0.1) is 0 Å². The standard InChI is InChI=1S/C25H40N2O6/c1-12-10-13(2)25-16(11-18(31-5)24(30)32-22(12)15(4)28)6-7-17-19(25)21(29)14(3)20(23(17)33-25)27-9-8-26/h6-7,10,12,14-23,27-29H,8-9,11,26H2,1-5H3/b13-10+/t12-,14?,15?,16?,17-,18+,19+,20?,21?,22+,23-,25?/m1/s1. The molecule has 0 radical (unpaired) electrons. The first-order valence-electron chi connectivity index (χ1n) is 12.2. The van der Waals surface area contributed by atoms with Gasteiger partial charge in [-0.1, -0.05) is 32.1 Å². The first-order valence-corrected chi connectivity index (χ1v) is 12.2. The van der Waals surface area contributed by atoms with Gasteiger partial charge < -0.3 is 35.5 Å². The van der Waals surface area contributed by atoms with Gasteiger partial charge in [-0.2, -0.15) is 0 Å². The van der Waals surface area contributed by atoms with E-state index in [1.165, 1.54) is 7.11 Å². The normalized spacial score (nSPS) is 49.6. The van der Waals surface area contributed by atoms with Crippen molar-refractivity contribution < 1.29 is 29.2 Å². The molecule has 4 rings (SSSR count). The van der Waals surface area contributed by atoms with Crippen molar-refractivity contribution in [2.45, 2.75) is 76.3 Å². The number of carbonyl (C=O) groups is 1. The van der Waals surface area contributed by atoms with Crippen molar-refractivity contribution in [2.24, 2.45) is 35.3 Å². The number of aliphatic hydroxyl groups excluding tert-OH is 2. The number of hydrogen-bond acceptors (Lipinski definition) is 8. The number of nitrogens with two attached hydrogens (primary N) is 1. The van der Waals surface area contributed by atoms with Gasteiger partial charge in [0.25, 0.3) is 0 Å². The fraction of sp³-hybridized carbons (Fsp3) is 0.800. The molecule has 2 fully saturated rings. The van der Waals surface area contributed by atoms with Gasteiger partial charge in [-0.05, 0) is 25.8 Å². The average Bonchev–Trinajstić information content (AvgIpc) is 2.96. The number of methoxy groups -OCH3 is 1. The summed E-state index contributed by atoms with van der Waals surface area (Å²) < 4.78 is 18.3. The molecule has 2 heterocycles. The van der Waals surface area contributed by atoms with E-state index in [9.17, 15) is 15.0 Å². The molecule has 0 amide bonds. The number of ether oxygens (including phenoxy) is 3. The van der Waals surface area contributed by atoms with Crippen LogP contribution in [0.2, 0.25) is 0 Å². The molecule has 4 aliphatic rings. The number of nitrogens with one attached hydrogen (secondary N) is 1. The molecule has 0 aromatic heterocycles. The van der Waals surface area contributed by atoms with E-state index in [-0.39, 0.29) is 41.7 Å². The SMILES string of the molecule is CO[C@H]1CC2C=C[C@@H]3[C@H]4C(O)C(C)C(NCCN)[C@@H]3OC24/C(C)=C/[C@@H](C)[C@@H](C(C)O)OC1=O. The third-order valence-corrected chi connectivity index (χ3v) is 8.48.